The molecule has 1 N–H and O–H groups in total. The van der Waals surface area contributed by atoms with Gasteiger partial charge in [0.15, 0.2) is 5.79 Å². The Hall–Kier alpha value is -0.950. The molecule has 0 radical (unpaired) electrons. The Kier molecular flexibility index (Phi) is 4.82. The Morgan fingerprint density at radius 3 is 2.64 bits per heavy atom. The molecule has 0 aliphatic carbocycles. The van der Waals surface area contributed by atoms with Gasteiger partial charge in [0.1, 0.15) is 0 Å². The van der Waals surface area contributed by atoms with Crippen LogP contribution in [0.2, 0.25) is 5.02 Å². The molecule has 1 aromatic carbocycles. The van der Waals surface area contributed by atoms with E-state index in [-0.39, 0.29) is 6.03 Å². The van der Waals surface area contributed by atoms with Crippen molar-refractivity contribution < 1.29 is 14.3 Å². The van der Waals surface area contributed by atoms with Crippen LogP contribution < -0.4 is 5.32 Å². The molecule has 2 amide bonds. The SMILES string of the molecule is CSc1ccc(Cl)cc1NC(=O)N1CCC2(CC1)OCCO2. The van der Waals surface area contributed by atoms with E-state index in [0.29, 0.717) is 44.2 Å². The first-order chi connectivity index (χ1) is 10.6. The fraction of sp³-hybridized carbons (Fsp3) is 0.533. The molecule has 7 heteroatoms. The van der Waals surface area contributed by atoms with Crippen molar-refractivity contribution in [2.24, 2.45) is 0 Å². The number of hydrogen-bond donors (Lipinski definition) is 1. The second-order valence-electron chi connectivity index (χ2n) is 5.37. The van der Waals surface area contributed by atoms with Gasteiger partial charge in [-0.05, 0) is 24.5 Å². The molecule has 1 aromatic rings. The minimum atomic E-state index is -0.461. The number of benzene rings is 1. The Balaban J connectivity index is 1.62. The average molecular weight is 343 g/mol. The zero-order valence-corrected chi connectivity index (χ0v) is 14.0. The Morgan fingerprint density at radius 2 is 2.00 bits per heavy atom. The van der Waals surface area contributed by atoms with Crippen LogP contribution in [0.5, 0.6) is 0 Å². The lowest BCUT2D eigenvalue weighted by molar-refractivity contribution is -0.181. The molecule has 0 saturated carbocycles. The molecular weight excluding hydrogens is 324 g/mol. The number of carbonyl (C=O) groups excluding carboxylic acids is 1. The quantitative estimate of drug-likeness (QED) is 0.836. The number of likely N-dealkylation sites (tertiary alicyclic amines) is 1. The summed E-state index contributed by atoms with van der Waals surface area (Å²) < 4.78 is 11.4. The van der Waals surface area contributed by atoms with Gasteiger partial charge >= 0.3 is 6.03 Å². The van der Waals surface area contributed by atoms with E-state index in [4.69, 9.17) is 21.1 Å². The monoisotopic (exact) mass is 342 g/mol. The normalized spacial score (nSPS) is 20.4. The van der Waals surface area contributed by atoms with Crippen molar-refractivity contribution >= 4 is 35.1 Å². The molecule has 5 nitrogen and oxygen atoms in total. The van der Waals surface area contributed by atoms with Crippen molar-refractivity contribution in [2.75, 3.05) is 37.9 Å². The van der Waals surface area contributed by atoms with Crippen molar-refractivity contribution in [2.45, 2.75) is 23.5 Å². The summed E-state index contributed by atoms with van der Waals surface area (Å²) in [5.74, 6) is -0.461. The van der Waals surface area contributed by atoms with E-state index in [1.54, 1.807) is 22.7 Å². The maximum Gasteiger partial charge on any atom is 0.321 e. The lowest BCUT2D eigenvalue weighted by atomic mass is 10.0. The largest absolute Gasteiger partial charge is 0.347 e. The smallest absolute Gasteiger partial charge is 0.321 e. The van der Waals surface area contributed by atoms with Gasteiger partial charge in [0, 0.05) is 35.8 Å². The lowest BCUT2D eigenvalue weighted by Crippen LogP contribution is -2.48. The molecule has 0 unspecified atom stereocenters. The molecule has 0 aromatic heterocycles. The van der Waals surface area contributed by atoms with Crippen LogP contribution in [0.15, 0.2) is 23.1 Å². The summed E-state index contributed by atoms with van der Waals surface area (Å²) in [6, 6.07) is 5.40. The molecule has 2 saturated heterocycles. The summed E-state index contributed by atoms with van der Waals surface area (Å²) in [5.41, 5.74) is 0.749. The van der Waals surface area contributed by atoms with E-state index in [2.05, 4.69) is 5.32 Å². The molecule has 120 valence electrons. The Morgan fingerprint density at radius 1 is 1.32 bits per heavy atom. The van der Waals surface area contributed by atoms with Crippen LogP contribution in [0.3, 0.4) is 0 Å². The molecular formula is C15H19ClN2O3S. The Bertz CT molecular complexity index is 554. The number of urea groups is 1. The highest BCUT2D eigenvalue weighted by Gasteiger charge is 2.40. The van der Waals surface area contributed by atoms with Crippen LogP contribution in [0.25, 0.3) is 0 Å². The molecule has 2 heterocycles. The number of nitrogens with one attached hydrogen (secondary N) is 1. The first kappa shape index (κ1) is 15.9. The van der Waals surface area contributed by atoms with Crippen molar-refractivity contribution in [1.82, 2.24) is 4.90 Å². The van der Waals surface area contributed by atoms with Gasteiger partial charge in [0.2, 0.25) is 0 Å². The number of thioether (sulfide) groups is 1. The van der Waals surface area contributed by atoms with Crippen LogP contribution in [0.1, 0.15) is 12.8 Å². The number of nitrogens with zero attached hydrogens (tertiary/aromatic N) is 1. The third-order valence-corrected chi connectivity index (χ3v) is 5.06. The highest BCUT2D eigenvalue weighted by molar-refractivity contribution is 7.98. The number of amides is 2. The maximum atomic E-state index is 12.4. The van der Waals surface area contributed by atoms with E-state index < -0.39 is 5.79 Å². The predicted octanol–water partition coefficient (Wildman–Crippen LogP) is 3.43. The second kappa shape index (κ2) is 6.66. The number of anilines is 1. The van der Waals surface area contributed by atoms with Gasteiger partial charge in [0.05, 0.1) is 18.9 Å². The number of carbonyl (C=O) groups is 1. The fourth-order valence-electron chi connectivity index (χ4n) is 2.81. The fourth-order valence-corrected chi connectivity index (χ4v) is 3.51. The van der Waals surface area contributed by atoms with E-state index >= 15 is 0 Å². The summed E-state index contributed by atoms with van der Waals surface area (Å²) in [6.07, 6.45) is 3.40. The van der Waals surface area contributed by atoms with Gasteiger partial charge in [-0.2, -0.15) is 0 Å². The van der Waals surface area contributed by atoms with E-state index in [1.807, 2.05) is 18.4 Å². The highest BCUT2D eigenvalue weighted by atomic mass is 35.5. The first-order valence-corrected chi connectivity index (χ1v) is 8.89. The summed E-state index contributed by atoms with van der Waals surface area (Å²) in [6.45, 7) is 2.54. The number of halogens is 1. The molecule has 2 aliphatic rings. The summed E-state index contributed by atoms with van der Waals surface area (Å²) >= 11 is 7.59. The van der Waals surface area contributed by atoms with Crippen molar-refractivity contribution in [3.05, 3.63) is 23.2 Å². The molecule has 0 bridgehead atoms. The third kappa shape index (κ3) is 3.35. The van der Waals surface area contributed by atoms with E-state index in [9.17, 15) is 4.79 Å². The number of piperidine rings is 1. The highest BCUT2D eigenvalue weighted by Crippen LogP contribution is 2.32. The summed E-state index contributed by atoms with van der Waals surface area (Å²) in [5, 5.41) is 3.56. The zero-order chi connectivity index (χ0) is 15.6. The second-order valence-corrected chi connectivity index (χ2v) is 6.65. The maximum absolute atomic E-state index is 12.4. The minimum absolute atomic E-state index is 0.106. The van der Waals surface area contributed by atoms with Crippen molar-refractivity contribution in [1.29, 1.82) is 0 Å². The van der Waals surface area contributed by atoms with Gasteiger partial charge in [0.25, 0.3) is 0 Å². The van der Waals surface area contributed by atoms with Crippen molar-refractivity contribution in [3.63, 3.8) is 0 Å². The van der Waals surface area contributed by atoms with Gasteiger partial charge < -0.3 is 19.7 Å². The van der Waals surface area contributed by atoms with Gasteiger partial charge in [-0.25, -0.2) is 4.79 Å². The number of rotatable bonds is 2. The lowest BCUT2D eigenvalue weighted by Gasteiger charge is -2.37. The molecule has 1 spiro atoms. The molecule has 2 fully saturated rings. The molecule has 3 rings (SSSR count). The minimum Gasteiger partial charge on any atom is -0.347 e. The van der Waals surface area contributed by atoms with Crippen LogP contribution >= 0.6 is 23.4 Å². The zero-order valence-electron chi connectivity index (χ0n) is 12.4. The van der Waals surface area contributed by atoms with Gasteiger partial charge in [-0.15, -0.1) is 11.8 Å². The van der Waals surface area contributed by atoms with Crippen LogP contribution in [0.4, 0.5) is 10.5 Å². The van der Waals surface area contributed by atoms with E-state index in [1.165, 1.54) is 0 Å². The first-order valence-electron chi connectivity index (χ1n) is 7.29. The summed E-state index contributed by atoms with van der Waals surface area (Å²) in [7, 11) is 0. The van der Waals surface area contributed by atoms with Gasteiger partial charge in [-0.1, -0.05) is 11.6 Å². The topological polar surface area (TPSA) is 50.8 Å². The van der Waals surface area contributed by atoms with E-state index in [0.717, 1.165) is 10.6 Å². The number of ether oxygens (including phenoxy) is 2. The average Bonchev–Trinajstić information content (AvgIpc) is 2.96. The van der Waals surface area contributed by atoms with Crippen LogP contribution in [-0.4, -0.2) is 49.3 Å². The van der Waals surface area contributed by atoms with Crippen LogP contribution in [0, 0.1) is 0 Å². The molecule has 0 atom stereocenters. The molecule has 2 aliphatic heterocycles. The van der Waals surface area contributed by atoms with Gasteiger partial charge in [-0.3, -0.25) is 0 Å². The van der Waals surface area contributed by atoms with Crippen molar-refractivity contribution in [3.8, 4) is 0 Å². The standard InChI is InChI=1S/C15H19ClN2O3S/c1-22-13-3-2-11(16)10-12(13)17-14(19)18-6-4-15(5-7-18)20-8-9-21-15/h2-3,10H,4-9H2,1H3,(H,17,19). The molecule has 22 heavy (non-hydrogen) atoms. The Labute approximate surface area is 139 Å². The summed E-state index contributed by atoms with van der Waals surface area (Å²) in [4.78, 5) is 15.2. The predicted molar refractivity (Wildman–Crippen MR) is 87.7 cm³/mol. The van der Waals surface area contributed by atoms with Crippen LogP contribution in [-0.2, 0) is 9.47 Å². The third-order valence-electron chi connectivity index (χ3n) is 4.03. The number of hydrogen-bond acceptors (Lipinski definition) is 4.